The van der Waals surface area contributed by atoms with E-state index >= 15 is 0 Å². The van der Waals surface area contributed by atoms with Gasteiger partial charge in [0.15, 0.2) is 11.6 Å². The first-order chi connectivity index (χ1) is 10.8. The van der Waals surface area contributed by atoms with E-state index in [-0.39, 0.29) is 0 Å². The summed E-state index contributed by atoms with van der Waals surface area (Å²) in [6, 6.07) is 7.89. The molecule has 3 N–H and O–H groups in total. The molecule has 3 aromatic rings. The van der Waals surface area contributed by atoms with Gasteiger partial charge in [0.25, 0.3) is 0 Å². The van der Waals surface area contributed by atoms with Crippen LogP contribution in [0.5, 0.6) is 5.75 Å². The second-order valence-corrected chi connectivity index (χ2v) is 4.83. The van der Waals surface area contributed by atoms with E-state index < -0.39 is 0 Å². The molecule has 0 aliphatic rings. The predicted octanol–water partition coefficient (Wildman–Crippen LogP) is 2.43. The van der Waals surface area contributed by atoms with Gasteiger partial charge in [-0.1, -0.05) is 18.2 Å². The van der Waals surface area contributed by atoms with Crippen LogP contribution in [0.25, 0.3) is 21.7 Å². The number of anilines is 2. The van der Waals surface area contributed by atoms with Crippen LogP contribution in [-0.2, 0) is 4.74 Å². The quantitative estimate of drug-likeness (QED) is 0.556. The van der Waals surface area contributed by atoms with Gasteiger partial charge in [-0.3, -0.25) is 4.98 Å². The monoisotopic (exact) mass is 298 g/mol. The maximum absolute atomic E-state index is 6.08. The summed E-state index contributed by atoms with van der Waals surface area (Å²) in [6.45, 7) is 0.931. The lowest BCUT2D eigenvalue weighted by Gasteiger charge is -2.16. The van der Waals surface area contributed by atoms with Gasteiger partial charge in [0.2, 0.25) is 0 Å². The number of hydrogen-bond donors (Lipinski definition) is 2. The molecule has 0 aliphatic carbocycles. The van der Waals surface area contributed by atoms with Crippen molar-refractivity contribution < 1.29 is 9.47 Å². The molecule has 0 spiro atoms. The highest BCUT2D eigenvalue weighted by Gasteiger charge is 2.16. The Balaban J connectivity index is 2.32. The van der Waals surface area contributed by atoms with E-state index in [1.54, 1.807) is 20.4 Å². The number of benzene rings is 1. The van der Waals surface area contributed by atoms with Crippen molar-refractivity contribution in [2.75, 3.05) is 38.4 Å². The van der Waals surface area contributed by atoms with Crippen molar-refractivity contribution in [1.29, 1.82) is 0 Å². The van der Waals surface area contributed by atoms with Crippen LogP contribution in [0.2, 0.25) is 0 Å². The molecule has 0 amide bonds. The van der Waals surface area contributed by atoms with Crippen molar-refractivity contribution in [3.63, 3.8) is 0 Å². The zero-order valence-electron chi connectivity index (χ0n) is 12.6. The SMILES string of the molecule is CNc1nc(N)c2cnc3ccccc3c2c1OCCOC. The molecule has 22 heavy (non-hydrogen) atoms. The predicted molar refractivity (Wildman–Crippen MR) is 88.4 cm³/mol. The first kappa shape index (κ1) is 14.3. The Morgan fingerprint density at radius 1 is 1.18 bits per heavy atom. The Morgan fingerprint density at radius 3 is 2.77 bits per heavy atom. The first-order valence-electron chi connectivity index (χ1n) is 7.02. The molecule has 0 aliphatic heterocycles. The molecule has 0 radical (unpaired) electrons. The van der Waals surface area contributed by atoms with Crippen LogP contribution >= 0.6 is 0 Å². The average Bonchev–Trinajstić information content (AvgIpc) is 2.56. The van der Waals surface area contributed by atoms with Crippen LogP contribution in [0.3, 0.4) is 0 Å². The number of nitrogens with one attached hydrogen (secondary N) is 1. The zero-order chi connectivity index (χ0) is 15.5. The second-order valence-electron chi connectivity index (χ2n) is 4.83. The van der Waals surface area contributed by atoms with E-state index in [2.05, 4.69) is 15.3 Å². The van der Waals surface area contributed by atoms with E-state index in [4.69, 9.17) is 15.2 Å². The number of nitrogens with zero attached hydrogens (tertiary/aromatic N) is 2. The number of para-hydroxylation sites is 1. The molecule has 3 rings (SSSR count). The van der Waals surface area contributed by atoms with Crippen molar-refractivity contribution >= 4 is 33.3 Å². The highest BCUT2D eigenvalue weighted by Crippen LogP contribution is 2.38. The van der Waals surface area contributed by atoms with Gasteiger partial charge < -0.3 is 20.5 Å². The summed E-state index contributed by atoms with van der Waals surface area (Å²) in [5.41, 5.74) is 6.96. The van der Waals surface area contributed by atoms with Gasteiger partial charge in [-0.15, -0.1) is 0 Å². The van der Waals surface area contributed by atoms with E-state index in [9.17, 15) is 0 Å². The van der Waals surface area contributed by atoms with Crippen molar-refractivity contribution in [3.8, 4) is 5.75 Å². The Kier molecular flexibility index (Phi) is 3.93. The Labute approximate surface area is 128 Å². The van der Waals surface area contributed by atoms with E-state index in [1.807, 2.05) is 24.3 Å². The van der Waals surface area contributed by atoms with Crippen LogP contribution in [0, 0.1) is 0 Å². The lowest BCUT2D eigenvalue weighted by Crippen LogP contribution is -2.09. The highest BCUT2D eigenvalue weighted by molar-refractivity contribution is 6.13. The number of rotatable bonds is 5. The summed E-state index contributed by atoms with van der Waals surface area (Å²) >= 11 is 0. The minimum Gasteiger partial charge on any atom is -0.487 e. The molecule has 0 saturated heterocycles. The fraction of sp³-hybridized carbons (Fsp3) is 0.250. The normalized spacial score (nSPS) is 11.0. The van der Waals surface area contributed by atoms with Gasteiger partial charge in [-0.2, -0.15) is 0 Å². The highest BCUT2D eigenvalue weighted by atomic mass is 16.5. The maximum Gasteiger partial charge on any atom is 0.171 e. The number of ether oxygens (including phenoxy) is 2. The summed E-state index contributed by atoms with van der Waals surface area (Å²) in [5.74, 6) is 1.71. The van der Waals surface area contributed by atoms with Crippen LogP contribution in [0.1, 0.15) is 0 Å². The van der Waals surface area contributed by atoms with Crippen molar-refractivity contribution in [3.05, 3.63) is 30.5 Å². The molecule has 0 unspecified atom stereocenters. The third-order valence-corrected chi connectivity index (χ3v) is 3.50. The van der Waals surface area contributed by atoms with E-state index in [0.717, 1.165) is 21.7 Å². The maximum atomic E-state index is 6.08. The summed E-state index contributed by atoms with van der Waals surface area (Å²) in [6.07, 6.45) is 1.74. The van der Waals surface area contributed by atoms with Gasteiger partial charge >= 0.3 is 0 Å². The zero-order valence-corrected chi connectivity index (χ0v) is 12.6. The minimum atomic E-state index is 0.427. The minimum absolute atomic E-state index is 0.427. The molecule has 0 saturated carbocycles. The lowest BCUT2D eigenvalue weighted by atomic mass is 10.1. The van der Waals surface area contributed by atoms with Crippen molar-refractivity contribution in [1.82, 2.24) is 9.97 Å². The Bertz CT molecular complexity index is 820. The number of nitrogen functional groups attached to an aromatic ring is 1. The largest absolute Gasteiger partial charge is 0.487 e. The third kappa shape index (κ3) is 2.37. The Morgan fingerprint density at radius 2 is 2.00 bits per heavy atom. The molecule has 2 aromatic heterocycles. The van der Waals surface area contributed by atoms with Gasteiger partial charge in [0, 0.05) is 36.5 Å². The molecule has 0 atom stereocenters. The van der Waals surface area contributed by atoms with Gasteiger partial charge in [-0.25, -0.2) is 4.98 Å². The van der Waals surface area contributed by atoms with Crippen LogP contribution in [0.15, 0.2) is 30.5 Å². The third-order valence-electron chi connectivity index (χ3n) is 3.50. The van der Waals surface area contributed by atoms with Crippen molar-refractivity contribution in [2.45, 2.75) is 0 Å². The topological polar surface area (TPSA) is 82.3 Å². The summed E-state index contributed by atoms with van der Waals surface area (Å²) in [7, 11) is 3.43. The fourth-order valence-corrected chi connectivity index (χ4v) is 2.47. The number of pyridine rings is 2. The van der Waals surface area contributed by atoms with Crippen molar-refractivity contribution in [2.24, 2.45) is 0 Å². The number of aromatic nitrogens is 2. The van der Waals surface area contributed by atoms with Gasteiger partial charge in [0.05, 0.1) is 12.1 Å². The smallest absolute Gasteiger partial charge is 0.171 e. The van der Waals surface area contributed by atoms with Crippen LogP contribution < -0.4 is 15.8 Å². The lowest BCUT2D eigenvalue weighted by molar-refractivity contribution is 0.147. The summed E-state index contributed by atoms with van der Waals surface area (Å²) < 4.78 is 11.0. The average molecular weight is 298 g/mol. The van der Waals surface area contributed by atoms with E-state index in [0.29, 0.717) is 30.6 Å². The first-order valence-corrected chi connectivity index (χ1v) is 7.02. The number of methoxy groups -OCH3 is 1. The second kappa shape index (κ2) is 6.03. The molecule has 6 nitrogen and oxygen atoms in total. The molecule has 6 heteroatoms. The number of hydrogen-bond acceptors (Lipinski definition) is 6. The molecule has 1 aromatic carbocycles. The molecule has 0 bridgehead atoms. The van der Waals surface area contributed by atoms with Gasteiger partial charge in [0.1, 0.15) is 12.4 Å². The Hall–Kier alpha value is -2.60. The molecular weight excluding hydrogens is 280 g/mol. The van der Waals surface area contributed by atoms with E-state index in [1.165, 1.54) is 0 Å². The molecular formula is C16H18N4O2. The number of fused-ring (bicyclic) bond motifs is 3. The fourth-order valence-electron chi connectivity index (χ4n) is 2.47. The summed E-state index contributed by atoms with van der Waals surface area (Å²) in [4.78, 5) is 8.81. The summed E-state index contributed by atoms with van der Waals surface area (Å²) in [5, 5.41) is 5.72. The molecule has 114 valence electrons. The van der Waals surface area contributed by atoms with Gasteiger partial charge in [-0.05, 0) is 6.07 Å². The van der Waals surface area contributed by atoms with Crippen LogP contribution in [0.4, 0.5) is 11.6 Å². The van der Waals surface area contributed by atoms with Crippen LogP contribution in [-0.4, -0.2) is 37.3 Å². The molecule has 0 fully saturated rings. The number of nitrogens with two attached hydrogens (primary N) is 1. The standard InChI is InChI=1S/C16H18N4O2/c1-18-16-14(22-8-7-21-2)13-10-5-3-4-6-12(10)19-9-11(13)15(17)20-16/h3-6,9H,7-8H2,1-2H3,(H3,17,18,20). The molecule has 2 heterocycles.